The molecule has 2 atom stereocenters. The number of ether oxygens (including phenoxy) is 2. The predicted molar refractivity (Wildman–Crippen MR) is 63.6 cm³/mol. The highest BCUT2D eigenvalue weighted by molar-refractivity contribution is 5.25. The molecule has 16 heavy (non-hydrogen) atoms. The van der Waals surface area contributed by atoms with E-state index in [0.717, 1.165) is 11.1 Å². The van der Waals surface area contributed by atoms with Crippen molar-refractivity contribution < 1.29 is 9.47 Å². The lowest BCUT2D eigenvalue weighted by Gasteiger charge is -2.15. The molecule has 4 nitrogen and oxygen atoms in total. The second kappa shape index (κ2) is 6.60. The summed E-state index contributed by atoms with van der Waals surface area (Å²) in [6, 6.07) is 7.64. The minimum Gasteiger partial charge on any atom is -0.360 e. The maximum atomic E-state index is 5.81. The molecule has 0 radical (unpaired) electrons. The molecule has 0 saturated carbocycles. The van der Waals surface area contributed by atoms with Gasteiger partial charge in [0.15, 0.2) is 0 Å². The van der Waals surface area contributed by atoms with Crippen LogP contribution in [0, 0.1) is 0 Å². The maximum absolute atomic E-state index is 5.81. The molecule has 2 unspecified atom stereocenters. The third-order valence-electron chi connectivity index (χ3n) is 2.29. The second-order valence-corrected chi connectivity index (χ2v) is 3.42. The van der Waals surface area contributed by atoms with E-state index in [9.17, 15) is 0 Å². The van der Waals surface area contributed by atoms with E-state index < -0.39 is 0 Å². The fraction of sp³-hybridized carbons (Fsp3) is 0.500. The molecule has 4 heteroatoms. The molecule has 0 heterocycles. The van der Waals surface area contributed by atoms with Crippen molar-refractivity contribution in [2.24, 2.45) is 11.5 Å². The zero-order valence-corrected chi connectivity index (χ0v) is 9.85. The van der Waals surface area contributed by atoms with Gasteiger partial charge in [0, 0.05) is 13.2 Å². The van der Waals surface area contributed by atoms with E-state index in [1.165, 1.54) is 0 Å². The van der Waals surface area contributed by atoms with Gasteiger partial charge in [0.05, 0.1) is 0 Å². The fourth-order valence-electron chi connectivity index (χ4n) is 1.43. The lowest BCUT2D eigenvalue weighted by atomic mass is 10.1. The van der Waals surface area contributed by atoms with E-state index in [-0.39, 0.29) is 12.5 Å². The predicted octanol–water partition coefficient (Wildman–Crippen LogP) is 1.67. The Morgan fingerprint density at radius 1 is 0.875 bits per heavy atom. The van der Waals surface area contributed by atoms with Gasteiger partial charge in [0.2, 0.25) is 0 Å². The van der Waals surface area contributed by atoms with Crippen LogP contribution in [0.5, 0.6) is 0 Å². The average Bonchev–Trinajstić information content (AvgIpc) is 2.30. The van der Waals surface area contributed by atoms with Crippen molar-refractivity contribution >= 4 is 0 Å². The van der Waals surface area contributed by atoms with E-state index in [4.69, 9.17) is 20.9 Å². The molecular formula is C12H20N2O2. The highest BCUT2D eigenvalue weighted by Crippen LogP contribution is 2.16. The van der Waals surface area contributed by atoms with Gasteiger partial charge in [-0.3, -0.25) is 0 Å². The van der Waals surface area contributed by atoms with E-state index in [1.54, 1.807) is 0 Å². The summed E-state index contributed by atoms with van der Waals surface area (Å²) < 4.78 is 10.6. The molecule has 0 aliphatic heterocycles. The molecule has 0 saturated heterocycles. The van der Waals surface area contributed by atoms with Crippen LogP contribution in [-0.4, -0.2) is 13.2 Å². The van der Waals surface area contributed by atoms with Gasteiger partial charge in [-0.1, -0.05) is 24.3 Å². The molecule has 0 aliphatic carbocycles. The minimum absolute atomic E-state index is 0.373. The summed E-state index contributed by atoms with van der Waals surface area (Å²) in [4.78, 5) is 0. The van der Waals surface area contributed by atoms with Gasteiger partial charge < -0.3 is 20.9 Å². The zero-order valence-electron chi connectivity index (χ0n) is 9.85. The average molecular weight is 224 g/mol. The minimum atomic E-state index is -0.373. The Morgan fingerprint density at radius 3 is 1.44 bits per heavy atom. The Morgan fingerprint density at radius 2 is 1.19 bits per heavy atom. The molecule has 1 aromatic rings. The summed E-state index contributed by atoms with van der Waals surface area (Å²) in [6.45, 7) is 5.03. The van der Waals surface area contributed by atoms with Crippen LogP contribution in [0.3, 0.4) is 0 Å². The van der Waals surface area contributed by atoms with E-state index in [0.29, 0.717) is 13.2 Å². The Labute approximate surface area is 96.5 Å². The number of rotatable bonds is 6. The van der Waals surface area contributed by atoms with E-state index >= 15 is 0 Å². The summed E-state index contributed by atoms with van der Waals surface area (Å²) in [5, 5.41) is 0. The van der Waals surface area contributed by atoms with Gasteiger partial charge in [-0.2, -0.15) is 0 Å². The van der Waals surface area contributed by atoms with Crippen LogP contribution in [0.4, 0.5) is 0 Å². The molecule has 4 N–H and O–H groups in total. The first-order valence-corrected chi connectivity index (χ1v) is 5.53. The Hall–Kier alpha value is -0.940. The molecule has 1 rings (SSSR count). The normalized spacial score (nSPS) is 14.8. The summed E-state index contributed by atoms with van der Waals surface area (Å²) in [7, 11) is 0. The van der Waals surface area contributed by atoms with Crippen molar-refractivity contribution in [1.29, 1.82) is 0 Å². The van der Waals surface area contributed by atoms with Crippen LogP contribution in [0.25, 0.3) is 0 Å². The molecule has 0 fully saturated rings. The van der Waals surface area contributed by atoms with Crippen molar-refractivity contribution in [2.75, 3.05) is 13.2 Å². The quantitative estimate of drug-likeness (QED) is 0.721. The Balaban J connectivity index is 2.67. The number of nitrogens with two attached hydrogens (primary N) is 2. The molecule has 0 spiro atoms. The molecule has 0 aliphatic rings. The number of hydrogen-bond donors (Lipinski definition) is 2. The van der Waals surface area contributed by atoms with Gasteiger partial charge >= 0.3 is 0 Å². The molecule has 0 bridgehead atoms. The smallest absolute Gasteiger partial charge is 0.131 e. The summed E-state index contributed by atoms with van der Waals surface area (Å²) in [5.74, 6) is 0. The topological polar surface area (TPSA) is 70.5 Å². The largest absolute Gasteiger partial charge is 0.360 e. The van der Waals surface area contributed by atoms with E-state index in [1.807, 2.05) is 38.1 Å². The third-order valence-corrected chi connectivity index (χ3v) is 2.29. The Bertz CT molecular complexity index is 269. The Kier molecular flexibility index (Phi) is 5.42. The first kappa shape index (κ1) is 13.1. The standard InChI is InChI=1S/C12H20N2O2/c1-3-15-11(13)9-5-7-10(8-6-9)12(14)16-4-2/h5-8,11-12H,3-4,13-14H2,1-2H3. The van der Waals surface area contributed by atoms with Crippen LogP contribution in [0.15, 0.2) is 24.3 Å². The van der Waals surface area contributed by atoms with Crippen LogP contribution in [0.1, 0.15) is 37.4 Å². The zero-order chi connectivity index (χ0) is 12.0. The van der Waals surface area contributed by atoms with Gasteiger partial charge in [-0.25, -0.2) is 0 Å². The van der Waals surface area contributed by atoms with Gasteiger partial charge in [-0.05, 0) is 25.0 Å². The van der Waals surface area contributed by atoms with Crippen molar-refractivity contribution in [3.8, 4) is 0 Å². The van der Waals surface area contributed by atoms with Crippen molar-refractivity contribution in [3.05, 3.63) is 35.4 Å². The maximum Gasteiger partial charge on any atom is 0.131 e. The second-order valence-electron chi connectivity index (χ2n) is 3.42. The summed E-state index contributed by atoms with van der Waals surface area (Å²) >= 11 is 0. The molecule has 0 amide bonds. The van der Waals surface area contributed by atoms with E-state index in [2.05, 4.69) is 0 Å². The highest BCUT2D eigenvalue weighted by atomic mass is 16.5. The third kappa shape index (κ3) is 3.57. The highest BCUT2D eigenvalue weighted by Gasteiger charge is 2.08. The monoisotopic (exact) mass is 224 g/mol. The first-order chi connectivity index (χ1) is 7.69. The lowest BCUT2D eigenvalue weighted by molar-refractivity contribution is 0.0649. The lowest BCUT2D eigenvalue weighted by Crippen LogP contribution is -2.16. The molecular weight excluding hydrogens is 204 g/mol. The first-order valence-electron chi connectivity index (χ1n) is 5.53. The summed E-state index contributed by atoms with van der Waals surface area (Å²) in [5.41, 5.74) is 13.5. The van der Waals surface area contributed by atoms with Crippen LogP contribution in [0.2, 0.25) is 0 Å². The van der Waals surface area contributed by atoms with Crippen molar-refractivity contribution in [1.82, 2.24) is 0 Å². The van der Waals surface area contributed by atoms with Gasteiger partial charge in [-0.15, -0.1) is 0 Å². The van der Waals surface area contributed by atoms with Gasteiger partial charge in [0.1, 0.15) is 12.5 Å². The van der Waals surface area contributed by atoms with Gasteiger partial charge in [0.25, 0.3) is 0 Å². The number of benzene rings is 1. The molecule has 0 aromatic heterocycles. The van der Waals surface area contributed by atoms with Crippen LogP contribution < -0.4 is 11.5 Å². The van der Waals surface area contributed by atoms with Crippen molar-refractivity contribution in [2.45, 2.75) is 26.3 Å². The fourth-order valence-corrected chi connectivity index (χ4v) is 1.43. The number of hydrogen-bond acceptors (Lipinski definition) is 4. The molecule has 1 aromatic carbocycles. The van der Waals surface area contributed by atoms with Crippen molar-refractivity contribution in [3.63, 3.8) is 0 Å². The SMILES string of the molecule is CCOC(N)c1ccc(C(N)OCC)cc1. The van der Waals surface area contributed by atoms with Crippen LogP contribution >= 0.6 is 0 Å². The summed E-state index contributed by atoms with van der Waals surface area (Å²) in [6.07, 6.45) is -0.746. The van der Waals surface area contributed by atoms with Crippen LogP contribution in [-0.2, 0) is 9.47 Å². The molecule has 90 valence electrons.